The maximum absolute atomic E-state index is 4.67. The minimum absolute atomic E-state index is 0.665. The van der Waals surface area contributed by atoms with E-state index < -0.39 is 0 Å². The molecule has 0 amide bonds. The molecule has 0 saturated heterocycles. The highest BCUT2D eigenvalue weighted by Gasteiger charge is 2.37. The smallest absolute Gasteiger partial charge is 0.0482 e. The van der Waals surface area contributed by atoms with Gasteiger partial charge in [0.05, 0.1) is 0 Å². The van der Waals surface area contributed by atoms with E-state index >= 15 is 0 Å². The first-order valence-electron chi connectivity index (χ1n) is 7.57. The summed E-state index contributed by atoms with van der Waals surface area (Å²) in [6.45, 7) is 3.41. The lowest BCUT2D eigenvalue weighted by atomic mass is 9.74. The van der Waals surface area contributed by atoms with E-state index in [1.807, 2.05) is 6.20 Å². The first kappa shape index (κ1) is 12.2. The standard InChI is InChI=1S/C16H24N2/c1-2-10-17-15(12-5-3-6-12)14-9-8-13-7-4-11-18-16(13)14/h4,7,11-12,14-15,17H,2-3,5-6,8-10H2,1H3. The summed E-state index contributed by atoms with van der Waals surface area (Å²) < 4.78 is 0. The Labute approximate surface area is 110 Å². The molecule has 0 aromatic carbocycles. The minimum Gasteiger partial charge on any atom is -0.313 e. The third kappa shape index (κ3) is 2.18. The number of hydrogen-bond acceptors (Lipinski definition) is 2. The topological polar surface area (TPSA) is 24.9 Å². The summed E-state index contributed by atoms with van der Waals surface area (Å²) in [5.41, 5.74) is 2.88. The summed E-state index contributed by atoms with van der Waals surface area (Å²) in [6.07, 6.45) is 9.98. The van der Waals surface area contributed by atoms with Crippen molar-refractivity contribution in [1.29, 1.82) is 0 Å². The molecule has 1 heterocycles. The van der Waals surface area contributed by atoms with Crippen molar-refractivity contribution in [3.8, 4) is 0 Å². The predicted molar refractivity (Wildman–Crippen MR) is 74.7 cm³/mol. The fourth-order valence-electron chi connectivity index (χ4n) is 3.54. The molecule has 0 radical (unpaired) electrons. The number of aromatic nitrogens is 1. The van der Waals surface area contributed by atoms with Crippen LogP contribution in [0.3, 0.4) is 0 Å². The Hall–Kier alpha value is -0.890. The zero-order valence-electron chi connectivity index (χ0n) is 11.4. The molecule has 1 aromatic heterocycles. The molecule has 98 valence electrons. The Balaban J connectivity index is 1.78. The van der Waals surface area contributed by atoms with Crippen LogP contribution in [0, 0.1) is 5.92 Å². The average molecular weight is 244 g/mol. The third-order valence-electron chi connectivity index (χ3n) is 4.72. The second-order valence-corrected chi connectivity index (χ2v) is 5.86. The SMILES string of the molecule is CCCNC(C1CCC1)C1CCc2cccnc21. The van der Waals surface area contributed by atoms with Crippen LogP contribution in [0.4, 0.5) is 0 Å². The largest absolute Gasteiger partial charge is 0.313 e. The Morgan fingerprint density at radius 3 is 3.00 bits per heavy atom. The van der Waals surface area contributed by atoms with E-state index in [1.165, 1.54) is 49.8 Å². The van der Waals surface area contributed by atoms with Gasteiger partial charge in [-0.25, -0.2) is 0 Å². The van der Waals surface area contributed by atoms with Gasteiger partial charge in [-0.1, -0.05) is 19.4 Å². The Bertz CT molecular complexity index is 398. The van der Waals surface area contributed by atoms with Crippen LogP contribution in [0.2, 0.25) is 0 Å². The van der Waals surface area contributed by atoms with Gasteiger partial charge in [0.2, 0.25) is 0 Å². The fourth-order valence-corrected chi connectivity index (χ4v) is 3.54. The number of fused-ring (bicyclic) bond motifs is 1. The summed E-state index contributed by atoms with van der Waals surface area (Å²) >= 11 is 0. The van der Waals surface area contributed by atoms with Crippen molar-refractivity contribution in [3.63, 3.8) is 0 Å². The van der Waals surface area contributed by atoms with Gasteiger partial charge in [0.1, 0.15) is 0 Å². The first-order chi connectivity index (χ1) is 8.90. The molecule has 0 spiro atoms. The lowest BCUT2D eigenvalue weighted by molar-refractivity contribution is 0.201. The van der Waals surface area contributed by atoms with Crippen LogP contribution >= 0.6 is 0 Å². The second-order valence-electron chi connectivity index (χ2n) is 5.86. The molecule has 2 aliphatic rings. The van der Waals surface area contributed by atoms with Crippen molar-refractivity contribution in [2.45, 2.75) is 57.4 Å². The van der Waals surface area contributed by atoms with Crippen molar-refractivity contribution in [3.05, 3.63) is 29.6 Å². The molecule has 0 bridgehead atoms. The van der Waals surface area contributed by atoms with Crippen molar-refractivity contribution >= 4 is 0 Å². The molecule has 18 heavy (non-hydrogen) atoms. The molecule has 2 aliphatic carbocycles. The molecule has 1 N–H and O–H groups in total. The van der Waals surface area contributed by atoms with E-state index in [-0.39, 0.29) is 0 Å². The van der Waals surface area contributed by atoms with Crippen LogP contribution in [0.5, 0.6) is 0 Å². The lowest BCUT2D eigenvalue weighted by Gasteiger charge is -2.38. The molecular formula is C16H24N2. The Morgan fingerprint density at radius 1 is 1.39 bits per heavy atom. The summed E-state index contributed by atoms with van der Waals surface area (Å²) in [6, 6.07) is 5.02. The number of hydrogen-bond donors (Lipinski definition) is 1. The number of nitrogens with one attached hydrogen (secondary N) is 1. The Kier molecular flexibility index (Phi) is 3.64. The third-order valence-corrected chi connectivity index (χ3v) is 4.72. The number of pyridine rings is 1. The van der Waals surface area contributed by atoms with Crippen molar-refractivity contribution in [2.24, 2.45) is 5.92 Å². The predicted octanol–water partition coefficient (Wildman–Crippen LogP) is 3.28. The summed E-state index contributed by atoms with van der Waals surface area (Å²) in [5, 5.41) is 3.81. The second kappa shape index (κ2) is 5.40. The van der Waals surface area contributed by atoms with Crippen molar-refractivity contribution in [1.82, 2.24) is 10.3 Å². The van der Waals surface area contributed by atoms with Gasteiger partial charge in [-0.3, -0.25) is 4.98 Å². The van der Waals surface area contributed by atoms with E-state index in [0.717, 1.165) is 12.5 Å². The molecule has 2 atom stereocenters. The molecule has 1 aromatic rings. The highest BCUT2D eigenvalue weighted by molar-refractivity contribution is 5.30. The van der Waals surface area contributed by atoms with E-state index in [2.05, 4.69) is 29.4 Å². The highest BCUT2D eigenvalue weighted by Crippen LogP contribution is 2.41. The normalized spacial score (nSPS) is 24.6. The van der Waals surface area contributed by atoms with Crippen molar-refractivity contribution < 1.29 is 0 Å². The van der Waals surface area contributed by atoms with Gasteiger partial charge in [-0.2, -0.15) is 0 Å². The maximum atomic E-state index is 4.67. The zero-order chi connectivity index (χ0) is 12.4. The zero-order valence-corrected chi connectivity index (χ0v) is 11.4. The first-order valence-corrected chi connectivity index (χ1v) is 7.57. The molecule has 0 aliphatic heterocycles. The van der Waals surface area contributed by atoms with Crippen LogP contribution < -0.4 is 5.32 Å². The van der Waals surface area contributed by atoms with Crippen molar-refractivity contribution in [2.75, 3.05) is 6.54 Å². The van der Waals surface area contributed by atoms with E-state index in [1.54, 1.807) is 0 Å². The molecule has 3 rings (SSSR count). The van der Waals surface area contributed by atoms with Crippen LogP contribution in [-0.4, -0.2) is 17.6 Å². The van der Waals surface area contributed by atoms with E-state index in [9.17, 15) is 0 Å². The van der Waals surface area contributed by atoms with Gasteiger partial charge in [0.25, 0.3) is 0 Å². The van der Waals surface area contributed by atoms with Crippen LogP contribution in [0.1, 0.15) is 56.2 Å². The molecule has 2 unspecified atom stereocenters. The quantitative estimate of drug-likeness (QED) is 0.860. The van der Waals surface area contributed by atoms with E-state index in [0.29, 0.717) is 12.0 Å². The molecular weight excluding hydrogens is 220 g/mol. The monoisotopic (exact) mass is 244 g/mol. The van der Waals surface area contributed by atoms with Crippen LogP contribution in [0.15, 0.2) is 18.3 Å². The summed E-state index contributed by atoms with van der Waals surface area (Å²) in [4.78, 5) is 4.67. The number of nitrogens with zero attached hydrogens (tertiary/aromatic N) is 1. The van der Waals surface area contributed by atoms with Gasteiger partial charge in [0.15, 0.2) is 0 Å². The number of aryl methyl sites for hydroxylation is 1. The molecule has 2 heteroatoms. The fraction of sp³-hybridized carbons (Fsp3) is 0.688. The average Bonchev–Trinajstić information content (AvgIpc) is 2.76. The molecule has 2 nitrogen and oxygen atoms in total. The van der Waals surface area contributed by atoms with Gasteiger partial charge in [0, 0.05) is 23.9 Å². The van der Waals surface area contributed by atoms with E-state index in [4.69, 9.17) is 0 Å². The van der Waals surface area contributed by atoms with Crippen LogP contribution in [-0.2, 0) is 6.42 Å². The summed E-state index contributed by atoms with van der Waals surface area (Å²) in [5.74, 6) is 1.56. The minimum atomic E-state index is 0.665. The number of rotatable bonds is 5. The lowest BCUT2D eigenvalue weighted by Crippen LogP contribution is -2.43. The molecule has 1 fully saturated rings. The van der Waals surface area contributed by atoms with Gasteiger partial charge < -0.3 is 5.32 Å². The Morgan fingerprint density at radius 2 is 2.28 bits per heavy atom. The molecule has 1 saturated carbocycles. The van der Waals surface area contributed by atoms with Crippen LogP contribution in [0.25, 0.3) is 0 Å². The van der Waals surface area contributed by atoms with Gasteiger partial charge >= 0.3 is 0 Å². The maximum Gasteiger partial charge on any atom is 0.0482 e. The highest BCUT2D eigenvalue weighted by atomic mass is 14.9. The van der Waals surface area contributed by atoms with Gasteiger partial charge in [-0.05, 0) is 56.2 Å². The van der Waals surface area contributed by atoms with Gasteiger partial charge in [-0.15, -0.1) is 0 Å². The summed E-state index contributed by atoms with van der Waals surface area (Å²) in [7, 11) is 0.